The van der Waals surface area contributed by atoms with E-state index < -0.39 is 0 Å². The lowest BCUT2D eigenvalue weighted by atomic mass is 10.0. The lowest BCUT2D eigenvalue weighted by molar-refractivity contribution is 0.0817. The second kappa shape index (κ2) is 7.51. The highest BCUT2D eigenvalue weighted by Gasteiger charge is 2.38. The monoisotopic (exact) mass is 370 g/mol. The van der Waals surface area contributed by atoms with Gasteiger partial charge < -0.3 is 20.3 Å². The summed E-state index contributed by atoms with van der Waals surface area (Å²) in [6.07, 6.45) is 8.34. The van der Waals surface area contributed by atoms with Crippen LogP contribution in [0.5, 0.6) is 0 Å². The molecular weight excluding hydrogens is 344 g/mol. The van der Waals surface area contributed by atoms with Crippen LogP contribution >= 0.6 is 0 Å². The molecule has 9 nitrogen and oxygen atoms in total. The van der Waals surface area contributed by atoms with E-state index in [9.17, 15) is 0 Å². The van der Waals surface area contributed by atoms with E-state index in [-0.39, 0.29) is 6.04 Å². The number of anilines is 2. The predicted octanol–water partition coefficient (Wildman–Crippen LogP) is 1.92. The van der Waals surface area contributed by atoms with Crippen molar-refractivity contribution in [2.45, 2.75) is 45.2 Å². The van der Waals surface area contributed by atoms with Crippen molar-refractivity contribution in [2.24, 2.45) is 0 Å². The lowest BCUT2D eigenvalue weighted by Crippen LogP contribution is -2.45. The number of nitrogens with one attached hydrogen (secondary N) is 2. The SMILES string of the molecule is CC[C@@H]1c2nnc(C)n2-c2cnc(N/C=C\NC)nc2N1C1CCOCC1. The summed E-state index contributed by atoms with van der Waals surface area (Å²) in [7, 11) is 1.85. The number of hydrogen-bond acceptors (Lipinski definition) is 8. The van der Waals surface area contributed by atoms with Crippen LogP contribution in [0.4, 0.5) is 11.8 Å². The minimum atomic E-state index is 0.136. The van der Waals surface area contributed by atoms with Crippen molar-refractivity contribution in [2.75, 3.05) is 30.5 Å². The third kappa shape index (κ3) is 3.12. The van der Waals surface area contributed by atoms with Crippen molar-refractivity contribution in [3.05, 3.63) is 30.2 Å². The van der Waals surface area contributed by atoms with Crippen molar-refractivity contribution in [1.82, 2.24) is 30.0 Å². The Balaban J connectivity index is 1.81. The third-order valence-corrected chi connectivity index (χ3v) is 5.15. The highest BCUT2D eigenvalue weighted by molar-refractivity contribution is 5.64. The highest BCUT2D eigenvalue weighted by Crippen LogP contribution is 2.41. The third-order valence-electron chi connectivity index (χ3n) is 5.15. The van der Waals surface area contributed by atoms with E-state index in [2.05, 4.69) is 42.2 Å². The molecule has 9 heteroatoms. The maximum absolute atomic E-state index is 5.59. The van der Waals surface area contributed by atoms with Crippen LogP contribution in [0.1, 0.15) is 43.9 Å². The first kappa shape index (κ1) is 17.7. The van der Waals surface area contributed by atoms with Gasteiger partial charge in [0.05, 0.1) is 12.2 Å². The molecule has 0 saturated carbocycles. The van der Waals surface area contributed by atoms with Gasteiger partial charge in [-0.3, -0.25) is 4.57 Å². The summed E-state index contributed by atoms with van der Waals surface area (Å²) in [5, 5.41) is 14.9. The average molecular weight is 370 g/mol. The molecule has 0 aliphatic carbocycles. The van der Waals surface area contributed by atoms with Crippen LogP contribution in [0.15, 0.2) is 18.6 Å². The first-order valence-corrected chi connectivity index (χ1v) is 9.48. The second-order valence-corrected chi connectivity index (χ2v) is 6.78. The van der Waals surface area contributed by atoms with Crippen LogP contribution in [0.25, 0.3) is 5.69 Å². The number of ether oxygens (including phenoxy) is 1. The molecular formula is C18H26N8O. The van der Waals surface area contributed by atoms with E-state index >= 15 is 0 Å². The Kier molecular flexibility index (Phi) is 4.93. The smallest absolute Gasteiger partial charge is 0.228 e. The Morgan fingerprint density at radius 3 is 2.81 bits per heavy atom. The van der Waals surface area contributed by atoms with E-state index in [0.717, 1.165) is 55.6 Å². The van der Waals surface area contributed by atoms with Gasteiger partial charge in [0.25, 0.3) is 0 Å². The fraction of sp³-hybridized carbons (Fsp3) is 0.556. The molecule has 0 amide bonds. The molecule has 0 spiro atoms. The summed E-state index contributed by atoms with van der Waals surface area (Å²) in [5.74, 6) is 3.32. The van der Waals surface area contributed by atoms with Crippen LogP contribution in [-0.4, -0.2) is 51.0 Å². The summed E-state index contributed by atoms with van der Waals surface area (Å²) in [5.41, 5.74) is 0.937. The zero-order valence-corrected chi connectivity index (χ0v) is 16.0. The number of aromatic nitrogens is 5. The number of fused-ring (bicyclic) bond motifs is 3. The van der Waals surface area contributed by atoms with Crippen molar-refractivity contribution in [3.8, 4) is 5.69 Å². The summed E-state index contributed by atoms with van der Waals surface area (Å²) in [6.45, 7) is 5.71. The van der Waals surface area contributed by atoms with Gasteiger partial charge in [-0.25, -0.2) is 4.98 Å². The van der Waals surface area contributed by atoms with Gasteiger partial charge in [-0.05, 0) is 26.2 Å². The molecule has 144 valence electrons. The van der Waals surface area contributed by atoms with Crippen molar-refractivity contribution in [1.29, 1.82) is 0 Å². The van der Waals surface area contributed by atoms with Gasteiger partial charge >= 0.3 is 0 Å². The number of nitrogens with zero attached hydrogens (tertiary/aromatic N) is 6. The topological polar surface area (TPSA) is 93.0 Å². The van der Waals surface area contributed by atoms with Gasteiger partial charge in [-0.15, -0.1) is 10.2 Å². The van der Waals surface area contributed by atoms with Crippen molar-refractivity contribution in [3.63, 3.8) is 0 Å². The Morgan fingerprint density at radius 1 is 1.26 bits per heavy atom. The molecule has 27 heavy (non-hydrogen) atoms. The standard InChI is InChI=1S/C18H26N8O/c1-4-14-17-24-23-12(2)25(17)15-11-21-18(20-8-7-19-3)22-16(15)26(14)13-5-9-27-10-6-13/h7-8,11,13-14,19H,4-6,9-10H2,1-3H3,(H,20,21,22)/b8-7-/t14-/m1/s1. The number of hydrogen-bond donors (Lipinski definition) is 2. The molecule has 2 N–H and O–H groups in total. The van der Waals surface area contributed by atoms with E-state index in [1.165, 1.54) is 0 Å². The maximum Gasteiger partial charge on any atom is 0.228 e. The first-order chi connectivity index (χ1) is 13.2. The normalized spacial score (nSPS) is 19.8. The molecule has 1 atom stereocenters. The summed E-state index contributed by atoms with van der Waals surface area (Å²) < 4.78 is 7.68. The van der Waals surface area contributed by atoms with Crippen LogP contribution in [0.3, 0.4) is 0 Å². The Hall–Kier alpha value is -2.68. The largest absolute Gasteiger partial charge is 0.393 e. The Labute approximate surface area is 158 Å². The van der Waals surface area contributed by atoms with Gasteiger partial charge in [-0.2, -0.15) is 4.98 Å². The summed E-state index contributed by atoms with van der Waals surface area (Å²) >= 11 is 0. The second-order valence-electron chi connectivity index (χ2n) is 6.78. The van der Waals surface area contributed by atoms with E-state index in [0.29, 0.717) is 12.0 Å². The van der Waals surface area contributed by atoms with Crippen LogP contribution < -0.4 is 15.5 Å². The van der Waals surface area contributed by atoms with Gasteiger partial charge in [0.1, 0.15) is 11.5 Å². The van der Waals surface area contributed by atoms with Crippen LogP contribution in [0, 0.1) is 6.92 Å². The molecule has 1 fully saturated rings. The molecule has 0 aromatic carbocycles. The van der Waals surface area contributed by atoms with E-state index in [1.807, 2.05) is 20.2 Å². The highest BCUT2D eigenvalue weighted by atomic mass is 16.5. The van der Waals surface area contributed by atoms with Crippen LogP contribution in [0.2, 0.25) is 0 Å². The zero-order chi connectivity index (χ0) is 18.8. The molecule has 2 aromatic heterocycles. The van der Waals surface area contributed by atoms with Gasteiger partial charge in [0.15, 0.2) is 11.6 Å². The molecule has 4 heterocycles. The summed E-state index contributed by atoms with van der Waals surface area (Å²) in [6, 6.07) is 0.501. The van der Waals surface area contributed by atoms with Gasteiger partial charge in [0.2, 0.25) is 5.95 Å². The molecule has 2 aliphatic rings. The van der Waals surface area contributed by atoms with E-state index in [4.69, 9.17) is 9.72 Å². The fourth-order valence-corrected chi connectivity index (χ4v) is 3.92. The van der Waals surface area contributed by atoms with Crippen LogP contribution in [-0.2, 0) is 4.74 Å². The van der Waals surface area contributed by atoms with Crippen molar-refractivity contribution >= 4 is 11.8 Å². The zero-order valence-electron chi connectivity index (χ0n) is 16.0. The Morgan fingerprint density at radius 2 is 2.07 bits per heavy atom. The summed E-state index contributed by atoms with van der Waals surface area (Å²) in [4.78, 5) is 11.8. The van der Waals surface area contributed by atoms with E-state index in [1.54, 1.807) is 12.4 Å². The molecule has 0 bridgehead atoms. The number of aryl methyl sites for hydroxylation is 1. The Bertz CT molecular complexity index is 827. The quantitative estimate of drug-likeness (QED) is 0.825. The van der Waals surface area contributed by atoms with Gasteiger partial charge in [0, 0.05) is 38.7 Å². The van der Waals surface area contributed by atoms with Gasteiger partial charge in [-0.1, -0.05) is 6.92 Å². The minimum Gasteiger partial charge on any atom is -0.393 e. The molecule has 1 saturated heterocycles. The lowest BCUT2D eigenvalue weighted by Gasteiger charge is -2.43. The molecule has 2 aliphatic heterocycles. The maximum atomic E-state index is 5.59. The fourth-order valence-electron chi connectivity index (χ4n) is 3.92. The average Bonchev–Trinajstić information content (AvgIpc) is 3.09. The molecule has 0 radical (unpaired) electrons. The predicted molar refractivity (Wildman–Crippen MR) is 103 cm³/mol. The number of rotatable bonds is 5. The first-order valence-electron chi connectivity index (χ1n) is 9.48. The molecule has 4 rings (SSSR count). The molecule has 2 aromatic rings. The minimum absolute atomic E-state index is 0.136. The van der Waals surface area contributed by atoms with Crippen molar-refractivity contribution < 1.29 is 4.74 Å². The molecule has 0 unspecified atom stereocenters.